The van der Waals surface area contributed by atoms with Crippen LogP contribution in [0, 0.1) is 17.0 Å². The van der Waals surface area contributed by atoms with Crippen molar-refractivity contribution in [2.24, 2.45) is 0 Å². The number of phenols is 1. The van der Waals surface area contributed by atoms with Gasteiger partial charge in [-0.05, 0) is 49.8 Å². The monoisotopic (exact) mass is 411 g/mol. The van der Waals surface area contributed by atoms with Crippen LogP contribution < -0.4 is 10.4 Å². The molecule has 0 aromatic heterocycles. The minimum absolute atomic E-state index is 0.0280. The number of phenolic OH excluding ortho intramolecular Hbond substituents is 1. The highest BCUT2D eigenvalue weighted by Gasteiger charge is 2.35. The summed E-state index contributed by atoms with van der Waals surface area (Å²) >= 11 is 0. The van der Waals surface area contributed by atoms with Crippen molar-refractivity contribution in [2.75, 3.05) is 11.6 Å². The van der Waals surface area contributed by atoms with Gasteiger partial charge in [0.15, 0.2) is 0 Å². The van der Waals surface area contributed by atoms with Crippen LogP contribution in [0.3, 0.4) is 0 Å². The summed E-state index contributed by atoms with van der Waals surface area (Å²) in [7, 11) is 0. The fourth-order valence-corrected chi connectivity index (χ4v) is 2.86. The molecule has 0 unspecified atom stereocenters. The number of hydrogen-bond acceptors (Lipinski definition) is 7. The summed E-state index contributed by atoms with van der Waals surface area (Å²) in [5.41, 5.74) is 2.57. The molecule has 10 heteroatoms. The number of nitrogens with zero attached hydrogens (tertiary/aromatic N) is 2. The molecule has 2 aromatic carbocycles. The molecule has 1 fully saturated rings. The summed E-state index contributed by atoms with van der Waals surface area (Å²) in [6, 6.07) is 8.08. The number of benzene rings is 2. The van der Waals surface area contributed by atoms with Gasteiger partial charge in [0.05, 0.1) is 22.8 Å². The van der Waals surface area contributed by atoms with E-state index < -0.39 is 22.7 Å². The molecular formula is C20H17N3O7. The van der Waals surface area contributed by atoms with Gasteiger partial charge in [-0.3, -0.25) is 25.1 Å². The molecule has 0 aliphatic carbocycles. The van der Waals surface area contributed by atoms with Crippen molar-refractivity contribution in [1.82, 2.24) is 5.43 Å². The Bertz CT molecular complexity index is 1090. The number of esters is 1. The van der Waals surface area contributed by atoms with Gasteiger partial charge in [0.25, 0.3) is 17.5 Å². The molecule has 1 aliphatic heterocycles. The van der Waals surface area contributed by atoms with E-state index in [-0.39, 0.29) is 40.3 Å². The zero-order valence-electron chi connectivity index (χ0n) is 16.0. The van der Waals surface area contributed by atoms with E-state index in [4.69, 9.17) is 4.74 Å². The van der Waals surface area contributed by atoms with Crippen LogP contribution in [-0.2, 0) is 14.3 Å². The number of ether oxygens (including phenoxy) is 1. The molecule has 154 valence electrons. The normalized spacial score (nSPS) is 14.7. The molecule has 2 amide bonds. The van der Waals surface area contributed by atoms with Gasteiger partial charge in [0, 0.05) is 17.7 Å². The minimum Gasteiger partial charge on any atom is -0.507 e. The number of nitro groups is 1. The Morgan fingerprint density at radius 3 is 2.53 bits per heavy atom. The topological polar surface area (TPSA) is 139 Å². The maximum atomic E-state index is 12.7. The lowest BCUT2D eigenvalue weighted by Gasteiger charge is -2.14. The largest absolute Gasteiger partial charge is 0.507 e. The van der Waals surface area contributed by atoms with Crippen LogP contribution in [0.5, 0.6) is 5.75 Å². The molecule has 0 spiro atoms. The molecule has 1 heterocycles. The van der Waals surface area contributed by atoms with Crippen molar-refractivity contribution in [3.63, 3.8) is 0 Å². The maximum Gasteiger partial charge on any atom is 0.338 e. The van der Waals surface area contributed by atoms with Crippen LogP contribution in [0.15, 0.2) is 42.0 Å². The number of carbonyl (C=O) groups is 3. The Kier molecular flexibility index (Phi) is 5.50. The number of aromatic hydroxyl groups is 1. The molecule has 0 saturated carbocycles. The van der Waals surface area contributed by atoms with Crippen LogP contribution in [0.25, 0.3) is 6.08 Å². The van der Waals surface area contributed by atoms with E-state index in [0.29, 0.717) is 5.69 Å². The van der Waals surface area contributed by atoms with Crippen molar-refractivity contribution in [2.45, 2.75) is 13.8 Å². The highest BCUT2D eigenvalue weighted by atomic mass is 16.6. The molecule has 1 aliphatic rings. The van der Waals surface area contributed by atoms with Crippen molar-refractivity contribution in [3.8, 4) is 5.75 Å². The maximum absolute atomic E-state index is 12.7. The second-order valence-electron chi connectivity index (χ2n) is 6.36. The number of carbonyl (C=O) groups excluding carboxylic acids is 3. The van der Waals surface area contributed by atoms with Gasteiger partial charge in [-0.25, -0.2) is 9.80 Å². The second kappa shape index (κ2) is 8.03. The lowest BCUT2D eigenvalue weighted by Crippen LogP contribution is -2.35. The van der Waals surface area contributed by atoms with E-state index in [9.17, 15) is 29.6 Å². The van der Waals surface area contributed by atoms with Crippen LogP contribution in [0.2, 0.25) is 0 Å². The van der Waals surface area contributed by atoms with Gasteiger partial charge in [-0.15, -0.1) is 0 Å². The third kappa shape index (κ3) is 3.83. The quantitative estimate of drug-likeness (QED) is 0.253. The van der Waals surface area contributed by atoms with E-state index in [1.165, 1.54) is 37.3 Å². The summed E-state index contributed by atoms with van der Waals surface area (Å²) in [5.74, 6) is -2.24. The number of amides is 2. The standard InChI is InChI=1S/C20H17N3O7/c1-3-30-20(27)12-4-6-14(7-5-12)22-19(26)16(18(25)21-22)10-13-9-15(23(28)29)8-11(2)17(13)24/h4-10,24H,3H2,1-2H3,(H,21,25). The number of aryl methyl sites for hydroxylation is 1. The summed E-state index contributed by atoms with van der Waals surface area (Å²) < 4.78 is 4.89. The third-order valence-corrected chi connectivity index (χ3v) is 4.35. The zero-order valence-corrected chi connectivity index (χ0v) is 16.0. The van der Waals surface area contributed by atoms with E-state index in [1.54, 1.807) is 6.92 Å². The highest BCUT2D eigenvalue weighted by molar-refractivity contribution is 6.31. The van der Waals surface area contributed by atoms with Gasteiger partial charge in [0.1, 0.15) is 11.3 Å². The second-order valence-corrected chi connectivity index (χ2v) is 6.36. The molecule has 0 atom stereocenters. The average molecular weight is 411 g/mol. The summed E-state index contributed by atoms with van der Waals surface area (Å²) in [5, 5.41) is 22.2. The van der Waals surface area contributed by atoms with Crippen molar-refractivity contribution >= 4 is 35.2 Å². The Morgan fingerprint density at radius 2 is 1.93 bits per heavy atom. The van der Waals surface area contributed by atoms with Crippen LogP contribution in [-0.4, -0.2) is 34.4 Å². The van der Waals surface area contributed by atoms with Crippen molar-refractivity contribution in [3.05, 3.63) is 68.8 Å². The molecule has 0 radical (unpaired) electrons. The van der Waals surface area contributed by atoms with E-state index in [0.717, 1.165) is 17.2 Å². The summed E-state index contributed by atoms with van der Waals surface area (Å²) in [4.78, 5) is 47.2. The van der Waals surface area contributed by atoms with Gasteiger partial charge < -0.3 is 9.84 Å². The smallest absolute Gasteiger partial charge is 0.338 e. The average Bonchev–Trinajstić information content (AvgIpc) is 2.99. The first-order chi connectivity index (χ1) is 14.2. The summed E-state index contributed by atoms with van der Waals surface area (Å²) in [6.45, 7) is 3.37. The number of non-ortho nitro benzene ring substituents is 1. The van der Waals surface area contributed by atoms with Crippen LogP contribution >= 0.6 is 0 Å². The van der Waals surface area contributed by atoms with Gasteiger partial charge >= 0.3 is 5.97 Å². The number of nitrogens with one attached hydrogen (secondary N) is 1. The molecule has 0 bridgehead atoms. The number of hydrazine groups is 1. The SMILES string of the molecule is CCOC(=O)c1ccc(N2NC(=O)C(=Cc3cc([N+](=O)[O-])cc(C)c3O)C2=O)cc1. The first kappa shape index (κ1) is 20.5. The molecule has 10 nitrogen and oxygen atoms in total. The molecule has 2 N–H and O–H groups in total. The van der Waals surface area contributed by atoms with E-state index in [2.05, 4.69) is 5.43 Å². The fourth-order valence-electron chi connectivity index (χ4n) is 2.86. The zero-order chi connectivity index (χ0) is 22.0. The number of anilines is 1. The van der Waals surface area contributed by atoms with Gasteiger partial charge in [-0.2, -0.15) is 0 Å². The third-order valence-electron chi connectivity index (χ3n) is 4.35. The Morgan fingerprint density at radius 1 is 1.27 bits per heavy atom. The lowest BCUT2D eigenvalue weighted by molar-refractivity contribution is -0.384. The van der Waals surface area contributed by atoms with E-state index >= 15 is 0 Å². The summed E-state index contributed by atoms with van der Waals surface area (Å²) in [6.07, 6.45) is 1.10. The first-order valence-corrected chi connectivity index (χ1v) is 8.85. The number of hydrogen-bond donors (Lipinski definition) is 2. The Labute approximate surface area is 170 Å². The minimum atomic E-state index is -0.738. The fraction of sp³-hybridized carbons (Fsp3) is 0.150. The number of nitro benzene ring substituents is 1. The molecule has 2 aromatic rings. The molecule has 30 heavy (non-hydrogen) atoms. The number of rotatable bonds is 5. The van der Waals surface area contributed by atoms with Crippen molar-refractivity contribution in [1.29, 1.82) is 0 Å². The predicted molar refractivity (Wildman–Crippen MR) is 106 cm³/mol. The van der Waals surface area contributed by atoms with Crippen LogP contribution in [0.4, 0.5) is 11.4 Å². The highest BCUT2D eigenvalue weighted by Crippen LogP contribution is 2.31. The Hall–Kier alpha value is -4.21. The van der Waals surface area contributed by atoms with Crippen molar-refractivity contribution < 1.29 is 29.2 Å². The molecule has 1 saturated heterocycles. The van der Waals surface area contributed by atoms with Crippen LogP contribution in [0.1, 0.15) is 28.4 Å². The Balaban J connectivity index is 1.92. The predicted octanol–water partition coefficient (Wildman–Crippen LogP) is 2.25. The first-order valence-electron chi connectivity index (χ1n) is 8.85. The van der Waals surface area contributed by atoms with E-state index in [1.807, 2.05) is 0 Å². The van der Waals surface area contributed by atoms with Gasteiger partial charge in [0.2, 0.25) is 0 Å². The molecular weight excluding hydrogens is 394 g/mol. The lowest BCUT2D eigenvalue weighted by atomic mass is 10.0. The molecule has 3 rings (SSSR count). The van der Waals surface area contributed by atoms with Gasteiger partial charge in [-0.1, -0.05) is 0 Å².